The van der Waals surface area contributed by atoms with E-state index in [2.05, 4.69) is 5.32 Å². The number of rotatable bonds is 4. The van der Waals surface area contributed by atoms with Gasteiger partial charge in [-0.2, -0.15) is 0 Å². The number of carboxylic acids is 1. The highest BCUT2D eigenvalue weighted by Crippen LogP contribution is 2.23. The Hall–Kier alpha value is -1.10. The van der Waals surface area contributed by atoms with Crippen LogP contribution in [-0.4, -0.2) is 41.6 Å². The lowest BCUT2D eigenvalue weighted by atomic mass is 9.89. The zero-order valence-corrected chi connectivity index (χ0v) is 11.4. The van der Waals surface area contributed by atoms with Crippen LogP contribution in [0.3, 0.4) is 0 Å². The quantitative estimate of drug-likeness (QED) is 0.809. The summed E-state index contributed by atoms with van der Waals surface area (Å²) in [5.41, 5.74) is 0. The number of hydrogen-bond acceptors (Lipinski definition) is 3. The Morgan fingerprint density at radius 3 is 2.42 bits per heavy atom. The zero-order chi connectivity index (χ0) is 13.7. The third-order valence-electron chi connectivity index (χ3n) is 4.31. The third kappa shape index (κ3) is 4.20. The van der Waals surface area contributed by atoms with Gasteiger partial charge in [0, 0.05) is 12.5 Å². The number of nitrogens with one attached hydrogen (secondary N) is 1. The van der Waals surface area contributed by atoms with E-state index >= 15 is 0 Å². The molecule has 2 rings (SSSR count). The standard InChI is InChI=1S/C14H24N2O3/c17-13(11-5-2-1-3-6-11)15-10-16-8-4-7-12(9-16)14(18)19/h11-12H,1-10H2,(H,15,17)(H,18,19). The number of piperidine rings is 1. The van der Waals surface area contributed by atoms with Gasteiger partial charge in [0.1, 0.15) is 0 Å². The lowest BCUT2D eigenvalue weighted by Gasteiger charge is -2.31. The summed E-state index contributed by atoms with van der Waals surface area (Å²) in [7, 11) is 0. The Morgan fingerprint density at radius 1 is 1.05 bits per heavy atom. The fourth-order valence-corrected chi connectivity index (χ4v) is 3.10. The number of carbonyl (C=O) groups excluding carboxylic acids is 1. The summed E-state index contributed by atoms with van der Waals surface area (Å²) in [5.74, 6) is -0.672. The van der Waals surface area contributed by atoms with Crippen molar-refractivity contribution in [2.45, 2.75) is 44.9 Å². The second-order valence-corrected chi connectivity index (χ2v) is 5.79. The van der Waals surface area contributed by atoms with Gasteiger partial charge in [-0.25, -0.2) is 0 Å². The molecule has 5 heteroatoms. The molecule has 5 nitrogen and oxygen atoms in total. The molecular formula is C14H24N2O3. The van der Waals surface area contributed by atoms with E-state index in [4.69, 9.17) is 5.11 Å². The molecule has 0 aromatic heterocycles. The van der Waals surface area contributed by atoms with Gasteiger partial charge in [0.2, 0.25) is 5.91 Å². The van der Waals surface area contributed by atoms with Crippen LogP contribution in [0.1, 0.15) is 44.9 Å². The summed E-state index contributed by atoms with van der Waals surface area (Å²) in [6, 6.07) is 0. The largest absolute Gasteiger partial charge is 0.481 e. The molecule has 0 radical (unpaired) electrons. The minimum atomic E-state index is -0.719. The highest BCUT2D eigenvalue weighted by Gasteiger charge is 2.26. The van der Waals surface area contributed by atoms with Gasteiger partial charge in [-0.3, -0.25) is 14.5 Å². The van der Waals surface area contributed by atoms with Crippen LogP contribution in [0.2, 0.25) is 0 Å². The lowest BCUT2D eigenvalue weighted by molar-refractivity contribution is -0.143. The van der Waals surface area contributed by atoms with Crippen LogP contribution in [0.15, 0.2) is 0 Å². The van der Waals surface area contributed by atoms with E-state index in [1.165, 1.54) is 6.42 Å². The smallest absolute Gasteiger partial charge is 0.307 e. The normalized spacial score (nSPS) is 26.0. The Labute approximate surface area is 114 Å². The summed E-state index contributed by atoms with van der Waals surface area (Å²) >= 11 is 0. The summed E-state index contributed by atoms with van der Waals surface area (Å²) in [6.07, 6.45) is 7.22. The van der Waals surface area contributed by atoms with Gasteiger partial charge >= 0.3 is 5.97 Å². The summed E-state index contributed by atoms with van der Waals surface area (Å²) in [4.78, 5) is 25.0. The topological polar surface area (TPSA) is 69.6 Å². The monoisotopic (exact) mass is 268 g/mol. The van der Waals surface area contributed by atoms with Gasteiger partial charge in [-0.1, -0.05) is 19.3 Å². The SMILES string of the molecule is O=C(O)C1CCCN(CNC(=O)C2CCCCC2)C1. The van der Waals surface area contributed by atoms with E-state index < -0.39 is 5.97 Å². The molecule has 19 heavy (non-hydrogen) atoms. The number of amides is 1. The Morgan fingerprint density at radius 2 is 1.74 bits per heavy atom. The van der Waals surface area contributed by atoms with Crippen molar-refractivity contribution in [3.8, 4) is 0 Å². The van der Waals surface area contributed by atoms with E-state index in [1.54, 1.807) is 0 Å². The molecule has 0 aromatic carbocycles. The minimum absolute atomic E-state index is 0.150. The summed E-state index contributed by atoms with van der Waals surface area (Å²) in [5, 5.41) is 12.0. The molecule has 1 saturated heterocycles. The first-order valence-corrected chi connectivity index (χ1v) is 7.39. The fraction of sp³-hybridized carbons (Fsp3) is 0.857. The number of aliphatic carboxylic acids is 1. The first-order valence-electron chi connectivity index (χ1n) is 7.39. The van der Waals surface area contributed by atoms with Crippen molar-refractivity contribution in [1.82, 2.24) is 10.2 Å². The average Bonchev–Trinajstić information content (AvgIpc) is 2.46. The van der Waals surface area contributed by atoms with Crippen LogP contribution in [-0.2, 0) is 9.59 Å². The summed E-state index contributed by atoms with van der Waals surface area (Å²) in [6.45, 7) is 1.94. The first kappa shape index (κ1) is 14.3. The van der Waals surface area contributed by atoms with Gasteiger partial charge in [0.05, 0.1) is 12.6 Å². The molecule has 2 aliphatic rings. The lowest BCUT2D eigenvalue weighted by Crippen LogP contribution is -2.46. The number of likely N-dealkylation sites (tertiary alicyclic amines) is 1. The van der Waals surface area contributed by atoms with Crippen molar-refractivity contribution in [1.29, 1.82) is 0 Å². The highest BCUT2D eigenvalue weighted by atomic mass is 16.4. The molecule has 1 atom stereocenters. The molecule has 0 spiro atoms. The van der Waals surface area contributed by atoms with Crippen LogP contribution in [0.5, 0.6) is 0 Å². The minimum Gasteiger partial charge on any atom is -0.481 e. The molecule has 1 amide bonds. The van der Waals surface area contributed by atoms with Crippen LogP contribution in [0.25, 0.3) is 0 Å². The molecule has 2 fully saturated rings. The third-order valence-corrected chi connectivity index (χ3v) is 4.31. The Balaban J connectivity index is 1.72. The van der Waals surface area contributed by atoms with Crippen molar-refractivity contribution in [3.63, 3.8) is 0 Å². The van der Waals surface area contributed by atoms with Crippen molar-refractivity contribution in [2.24, 2.45) is 11.8 Å². The van der Waals surface area contributed by atoms with Crippen LogP contribution >= 0.6 is 0 Å². The highest BCUT2D eigenvalue weighted by molar-refractivity contribution is 5.78. The van der Waals surface area contributed by atoms with E-state index in [9.17, 15) is 9.59 Å². The van der Waals surface area contributed by atoms with Crippen molar-refractivity contribution in [2.75, 3.05) is 19.8 Å². The van der Waals surface area contributed by atoms with Crippen LogP contribution in [0.4, 0.5) is 0 Å². The second kappa shape index (κ2) is 6.89. The van der Waals surface area contributed by atoms with Crippen LogP contribution in [0, 0.1) is 11.8 Å². The van der Waals surface area contributed by atoms with Gasteiger partial charge in [-0.15, -0.1) is 0 Å². The Kier molecular flexibility index (Phi) is 5.19. The van der Waals surface area contributed by atoms with Gasteiger partial charge in [0.25, 0.3) is 0 Å². The molecule has 1 aliphatic carbocycles. The molecule has 2 N–H and O–H groups in total. The predicted octanol–water partition coefficient (Wildman–Crippen LogP) is 1.44. The van der Waals surface area contributed by atoms with Crippen molar-refractivity contribution in [3.05, 3.63) is 0 Å². The van der Waals surface area contributed by atoms with E-state index in [0.29, 0.717) is 13.2 Å². The number of nitrogens with zero attached hydrogens (tertiary/aromatic N) is 1. The average molecular weight is 268 g/mol. The molecule has 1 saturated carbocycles. The first-order chi connectivity index (χ1) is 9.16. The molecular weight excluding hydrogens is 244 g/mol. The maximum absolute atomic E-state index is 12.0. The van der Waals surface area contributed by atoms with Gasteiger partial charge < -0.3 is 10.4 Å². The van der Waals surface area contributed by atoms with Crippen molar-refractivity contribution >= 4 is 11.9 Å². The Bertz CT molecular complexity index is 327. The maximum atomic E-state index is 12.0. The van der Waals surface area contributed by atoms with E-state index in [0.717, 1.165) is 45.1 Å². The number of hydrogen-bond donors (Lipinski definition) is 2. The summed E-state index contributed by atoms with van der Waals surface area (Å²) < 4.78 is 0. The number of carbonyl (C=O) groups is 2. The van der Waals surface area contributed by atoms with E-state index in [-0.39, 0.29) is 17.7 Å². The molecule has 1 unspecified atom stereocenters. The van der Waals surface area contributed by atoms with Crippen LogP contribution < -0.4 is 5.32 Å². The zero-order valence-electron chi connectivity index (χ0n) is 11.4. The predicted molar refractivity (Wildman–Crippen MR) is 71.5 cm³/mol. The molecule has 0 bridgehead atoms. The second-order valence-electron chi connectivity index (χ2n) is 5.79. The van der Waals surface area contributed by atoms with Crippen molar-refractivity contribution < 1.29 is 14.7 Å². The number of carboxylic acid groups (broad SMARTS) is 1. The molecule has 1 heterocycles. The maximum Gasteiger partial charge on any atom is 0.307 e. The molecule has 1 aliphatic heterocycles. The van der Waals surface area contributed by atoms with Gasteiger partial charge in [-0.05, 0) is 32.2 Å². The fourth-order valence-electron chi connectivity index (χ4n) is 3.10. The van der Waals surface area contributed by atoms with Gasteiger partial charge in [0.15, 0.2) is 0 Å². The van der Waals surface area contributed by atoms with E-state index in [1.807, 2.05) is 4.90 Å². The molecule has 0 aromatic rings. The molecule has 108 valence electrons.